The quantitative estimate of drug-likeness (QED) is 0.457. The Hall–Kier alpha value is -1.12. The van der Waals surface area contributed by atoms with Crippen LogP contribution in [0.25, 0.3) is 0 Å². The van der Waals surface area contributed by atoms with Crippen LogP contribution in [-0.2, 0) is 4.79 Å². The highest BCUT2D eigenvalue weighted by Gasteiger charge is 1.69. The van der Waals surface area contributed by atoms with E-state index < -0.39 is 0 Å². The summed E-state index contributed by atoms with van der Waals surface area (Å²) in [4.78, 5) is 8.36. The Balaban J connectivity index is -0.0000000325. The summed E-state index contributed by atoms with van der Waals surface area (Å²) in [6.07, 6.45) is -0.167. The van der Waals surface area contributed by atoms with Crippen molar-refractivity contribution >= 4 is 6.47 Å². The van der Waals surface area contributed by atoms with E-state index in [0.29, 0.717) is 0 Å². The van der Waals surface area contributed by atoms with E-state index in [0.717, 1.165) is 0 Å². The fraction of sp³-hybridized carbons (Fsp3) is 0.667. The van der Waals surface area contributed by atoms with E-state index in [1.165, 1.54) is 6.92 Å². The maximum absolute atomic E-state index is 8.36. The van der Waals surface area contributed by atoms with Gasteiger partial charge in [0.15, 0.2) is 0 Å². The van der Waals surface area contributed by atoms with E-state index in [4.69, 9.17) is 20.3 Å². The minimum Gasteiger partial charge on any atom is -0.483 e. The molecule has 0 aromatic heterocycles. The molecule has 0 saturated carbocycles. The van der Waals surface area contributed by atoms with Gasteiger partial charge in [0, 0.05) is 13.0 Å². The molecule has 0 aromatic carbocycles. The van der Waals surface area contributed by atoms with Crippen molar-refractivity contribution in [3.8, 4) is 6.07 Å². The van der Waals surface area contributed by atoms with Crippen molar-refractivity contribution < 1.29 is 15.0 Å². The molecule has 0 heterocycles. The summed E-state index contributed by atoms with van der Waals surface area (Å²) >= 11 is 0. The summed E-state index contributed by atoms with van der Waals surface area (Å²) in [5.74, 6) is 0. The van der Waals surface area contributed by atoms with Crippen LogP contribution in [0, 0.1) is 11.3 Å². The highest BCUT2D eigenvalue weighted by Crippen LogP contribution is 1.65. The van der Waals surface area contributed by atoms with Crippen molar-refractivity contribution in [2.75, 3.05) is 0 Å². The van der Waals surface area contributed by atoms with Crippen molar-refractivity contribution in [3.63, 3.8) is 0 Å². The molecule has 0 atom stereocenters. The van der Waals surface area contributed by atoms with E-state index >= 15 is 0 Å². The number of nitrogens with zero attached hydrogens (tertiary/aromatic N) is 1. The smallest absolute Gasteiger partial charge is 0.290 e. The van der Waals surface area contributed by atoms with Gasteiger partial charge in [-0.05, 0) is 13.8 Å². The van der Waals surface area contributed by atoms with Gasteiger partial charge in [-0.15, -0.1) is 0 Å². The molecule has 0 fully saturated rings. The van der Waals surface area contributed by atoms with Crippen LogP contribution in [0.5, 0.6) is 0 Å². The minimum absolute atomic E-state index is 0. The number of nitriles is 1. The SMILES string of the molecule is CC#N.CC(C)O.N.O=CO. The largest absolute Gasteiger partial charge is 0.483 e. The first kappa shape index (κ1) is 22.5. The first-order valence-electron chi connectivity index (χ1n) is 2.63. The Kier molecular flexibility index (Phi) is 75.0. The van der Waals surface area contributed by atoms with Gasteiger partial charge in [0.05, 0.1) is 6.07 Å². The molecule has 0 aromatic rings. The van der Waals surface area contributed by atoms with Crippen LogP contribution in [0.1, 0.15) is 20.8 Å². The van der Waals surface area contributed by atoms with Gasteiger partial charge in [-0.3, -0.25) is 4.79 Å². The molecule has 5 nitrogen and oxygen atoms in total. The van der Waals surface area contributed by atoms with Crippen molar-refractivity contribution in [3.05, 3.63) is 0 Å². The molecule has 0 spiro atoms. The maximum atomic E-state index is 8.36. The molecule has 11 heavy (non-hydrogen) atoms. The van der Waals surface area contributed by atoms with Gasteiger partial charge in [0.25, 0.3) is 6.47 Å². The number of carboxylic acid groups (broad SMARTS) is 1. The van der Waals surface area contributed by atoms with Crippen LogP contribution < -0.4 is 6.15 Å². The Labute approximate surface area is 66.9 Å². The van der Waals surface area contributed by atoms with Crippen molar-refractivity contribution in [2.45, 2.75) is 26.9 Å². The summed E-state index contributed by atoms with van der Waals surface area (Å²) in [5, 5.41) is 22.3. The van der Waals surface area contributed by atoms with Crippen LogP contribution in [0.15, 0.2) is 0 Å². The lowest BCUT2D eigenvalue weighted by Crippen LogP contribution is -1.85. The molecule has 0 amide bonds. The van der Waals surface area contributed by atoms with Gasteiger partial charge >= 0.3 is 0 Å². The lowest BCUT2D eigenvalue weighted by molar-refractivity contribution is -0.122. The van der Waals surface area contributed by atoms with Crippen LogP contribution in [-0.4, -0.2) is 22.8 Å². The standard InChI is InChI=1S/C3H8O.C2H3N.CH2O2.H3N/c1-3(2)4;1-2-3;2-1-3;/h3-4H,1-2H3;1H3;1H,(H,2,3);1H3. The molecule has 0 aliphatic heterocycles. The van der Waals surface area contributed by atoms with Gasteiger partial charge < -0.3 is 16.4 Å². The minimum atomic E-state index is -0.250. The number of hydrogen-bond donors (Lipinski definition) is 3. The van der Waals surface area contributed by atoms with Crippen LogP contribution in [0.3, 0.4) is 0 Å². The average Bonchev–Trinajstić information content (AvgIpc) is 1.65. The second-order valence-electron chi connectivity index (χ2n) is 1.42. The second kappa shape index (κ2) is 36.6. The summed E-state index contributed by atoms with van der Waals surface area (Å²) in [5.41, 5.74) is 0. The van der Waals surface area contributed by atoms with Gasteiger partial charge in [0.2, 0.25) is 0 Å². The number of carbonyl (C=O) groups is 1. The Morgan fingerprint density at radius 1 is 1.55 bits per heavy atom. The first-order valence-corrected chi connectivity index (χ1v) is 2.63. The fourth-order valence-electron chi connectivity index (χ4n) is 0. The number of rotatable bonds is 0. The van der Waals surface area contributed by atoms with Crippen molar-refractivity contribution in [2.24, 2.45) is 0 Å². The Morgan fingerprint density at radius 2 is 1.55 bits per heavy atom. The summed E-state index contributed by atoms with van der Waals surface area (Å²) in [6.45, 7) is 4.62. The van der Waals surface area contributed by atoms with Gasteiger partial charge in [-0.25, -0.2) is 0 Å². The van der Waals surface area contributed by atoms with Crippen molar-refractivity contribution in [1.29, 1.82) is 5.26 Å². The number of hydrogen-bond acceptors (Lipinski definition) is 4. The topological polar surface area (TPSA) is 116 Å². The fourth-order valence-corrected chi connectivity index (χ4v) is 0. The zero-order chi connectivity index (χ0) is 8.99. The number of aliphatic hydroxyl groups excluding tert-OH is 1. The van der Waals surface area contributed by atoms with Crippen LogP contribution in [0.2, 0.25) is 0 Å². The lowest BCUT2D eigenvalue weighted by atomic mass is 10.5. The highest BCUT2D eigenvalue weighted by molar-refractivity contribution is 5.32. The third kappa shape index (κ3) is 335. The maximum Gasteiger partial charge on any atom is 0.290 e. The molecule has 5 heteroatoms. The van der Waals surface area contributed by atoms with Crippen LogP contribution >= 0.6 is 0 Å². The zero-order valence-corrected chi connectivity index (χ0v) is 7.11. The molecule has 68 valence electrons. The van der Waals surface area contributed by atoms with E-state index in [9.17, 15) is 0 Å². The Morgan fingerprint density at radius 3 is 1.55 bits per heavy atom. The molecule has 5 N–H and O–H groups in total. The van der Waals surface area contributed by atoms with Gasteiger partial charge in [-0.2, -0.15) is 5.26 Å². The molecule has 0 radical (unpaired) electrons. The van der Waals surface area contributed by atoms with Gasteiger partial charge in [0.1, 0.15) is 0 Å². The van der Waals surface area contributed by atoms with Gasteiger partial charge in [-0.1, -0.05) is 0 Å². The third-order valence-electron chi connectivity index (χ3n) is 0. The number of aliphatic hydroxyl groups is 1. The average molecular weight is 164 g/mol. The zero-order valence-electron chi connectivity index (χ0n) is 7.11. The molecular formula is C6H16N2O3. The molecule has 0 unspecified atom stereocenters. The lowest BCUT2D eigenvalue weighted by Gasteiger charge is -1.80. The first-order chi connectivity index (χ1) is 4.56. The van der Waals surface area contributed by atoms with E-state index in [1.807, 2.05) is 0 Å². The summed E-state index contributed by atoms with van der Waals surface area (Å²) < 4.78 is 0. The van der Waals surface area contributed by atoms with E-state index in [-0.39, 0.29) is 18.7 Å². The summed E-state index contributed by atoms with van der Waals surface area (Å²) in [7, 11) is 0. The molecule has 0 bridgehead atoms. The normalized spacial score (nSPS) is 5.09. The Bertz CT molecular complexity index is 85.6. The predicted molar refractivity (Wildman–Crippen MR) is 42.4 cm³/mol. The molecule has 0 aliphatic carbocycles. The monoisotopic (exact) mass is 164 g/mol. The van der Waals surface area contributed by atoms with E-state index in [2.05, 4.69) is 0 Å². The van der Waals surface area contributed by atoms with Crippen LogP contribution in [0.4, 0.5) is 0 Å². The van der Waals surface area contributed by atoms with E-state index in [1.54, 1.807) is 19.9 Å². The third-order valence-corrected chi connectivity index (χ3v) is 0. The summed E-state index contributed by atoms with van der Waals surface area (Å²) in [6, 6.07) is 1.75. The van der Waals surface area contributed by atoms with Crippen molar-refractivity contribution in [1.82, 2.24) is 6.15 Å². The highest BCUT2D eigenvalue weighted by atomic mass is 16.3. The molecule has 0 aliphatic rings. The predicted octanol–water partition coefficient (Wildman–Crippen LogP) is 0.780. The molecular weight excluding hydrogens is 148 g/mol. The second-order valence-corrected chi connectivity index (χ2v) is 1.42. The molecule has 0 rings (SSSR count). The molecule has 0 saturated heterocycles.